The molecule has 0 aromatic rings. The molecule has 3 nitrogen and oxygen atoms in total. The first kappa shape index (κ1) is 10.1. The highest BCUT2D eigenvalue weighted by atomic mass is 16.1. The van der Waals surface area contributed by atoms with Crippen molar-refractivity contribution in [2.45, 2.75) is 38.3 Å². The van der Waals surface area contributed by atoms with Gasteiger partial charge in [0.2, 0.25) is 0 Å². The van der Waals surface area contributed by atoms with Crippen LogP contribution in [0.1, 0.15) is 26.2 Å². The van der Waals surface area contributed by atoms with E-state index in [1.807, 2.05) is 0 Å². The second-order valence-corrected chi connectivity index (χ2v) is 4.93. The van der Waals surface area contributed by atoms with Crippen molar-refractivity contribution in [3.8, 4) is 0 Å². The lowest BCUT2D eigenvalue weighted by atomic mass is 9.97. The van der Waals surface area contributed by atoms with Crippen LogP contribution in [0.3, 0.4) is 0 Å². The van der Waals surface area contributed by atoms with Crippen LogP contribution >= 0.6 is 0 Å². The smallest absolute Gasteiger partial charge is 0.130 e. The van der Waals surface area contributed by atoms with Gasteiger partial charge in [-0.2, -0.15) is 0 Å². The third-order valence-electron chi connectivity index (χ3n) is 3.20. The Morgan fingerprint density at radius 1 is 1.43 bits per heavy atom. The number of Topliss-reactive ketones (excluding diaryl/α,β-unsaturated/α-hetero) is 1. The molecule has 1 N–H and O–H groups in total. The number of likely N-dealkylation sites (tertiary alicyclic amines) is 1. The first-order valence-corrected chi connectivity index (χ1v) is 5.59. The maximum atomic E-state index is 11.1. The molecule has 1 saturated heterocycles. The van der Waals surface area contributed by atoms with Gasteiger partial charge in [0.05, 0.1) is 0 Å². The van der Waals surface area contributed by atoms with Gasteiger partial charge in [0.25, 0.3) is 0 Å². The van der Waals surface area contributed by atoms with Gasteiger partial charge in [-0.1, -0.05) is 0 Å². The third kappa shape index (κ3) is 2.55. The van der Waals surface area contributed by atoms with Crippen molar-refractivity contribution < 1.29 is 4.79 Å². The molecule has 80 valence electrons. The number of carbonyl (C=O) groups is 1. The normalized spacial score (nSPS) is 33.6. The van der Waals surface area contributed by atoms with Gasteiger partial charge in [0.1, 0.15) is 5.78 Å². The molecule has 1 aliphatic carbocycles. The lowest BCUT2D eigenvalue weighted by Gasteiger charge is -2.18. The summed E-state index contributed by atoms with van der Waals surface area (Å²) in [7, 11) is 2.14. The summed E-state index contributed by atoms with van der Waals surface area (Å²) in [5.74, 6) is 0.867. The number of nitrogens with zero attached hydrogens (tertiary/aromatic N) is 1. The Labute approximate surface area is 85.8 Å². The zero-order chi connectivity index (χ0) is 10.1. The molecule has 0 amide bonds. The van der Waals surface area contributed by atoms with Gasteiger partial charge in [0.15, 0.2) is 0 Å². The van der Waals surface area contributed by atoms with Crippen LogP contribution in [-0.2, 0) is 4.79 Å². The maximum Gasteiger partial charge on any atom is 0.130 e. The number of nitrogens with one attached hydrogen (secondary N) is 1. The first-order chi connectivity index (χ1) is 6.65. The zero-order valence-corrected chi connectivity index (χ0v) is 9.12. The molecule has 0 radical (unpaired) electrons. The average molecular weight is 196 g/mol. The van der Waals surface area contributed by atoms with E-state index in [0.29, 0.717) is 17.7 Å². The Hall–Kier alpha value is -0.410. The minimum atomic E-state index is 0.327. The summed E-state index contributed by atoms with van der Waals surface area (Å²) < 4.78 is 0. The van der Waals surface area contributed by atoms with Gasteiger partial charge < -0.3 is 15.0 Å². The second-order valence-electron chi connectivity index (χ2n) is 4.93. The van der Waals surface area contributed by atoms with Crippen LogP contribution in [-0.4, -0.2) is 42.9 Å². The summed E-state index contributed by atoms with van der Waals surface area (Å²) in [5.41, 5.74) is 0. The van der Waals surface area contributed by atoms with E-state index in [4.69, 9.17) is 0 Å². The molecule has 2 fully saturated rings. The van der Waals surface area contributed by atoms with Crippen molar-refractivity contribution >= 4 is 5.78 Å². The molecule has 0 bridgehead atoms. The van der Waals surface area contributed by atoms with Gasteiger partial charge in [-0.15, -0.1) is 0 Å². The fourth-order valence-corrected chi connectivity index (χ4v) is 2.40. The molecule has 14 heavy (non-hydrogen) atoms. The Kier molecular flexibility index (Phi) is 2.88. The Balaban J connectivity index is 1.87. The maximum absolute atomic E-state index is 11.1. The predicted molar refractivity (Wildman–Crippen MR) is 56.2 cm³/mol. The van der Waals surface area contributed by atoms with E-state index < -0.39 is 0 Å². The fraction of sp³-hybridized carbons (Fsp3) is 0.909. The Bertz CT molecular complexity index is 225. The lowest BCUT2D eigenvalue weighted by Crippen LogP contribution is -2.38. The summed E-state index contributed by atoms with van der Waals surface area (Å²) in [4.78, 5) is 13.4. The second kappa shape index (κ2) is 3.99. The number of rotatable bonds is 4. The topological polar surface area (TPSA) is 32.3 Å². The van der Waals surface area contributed by atoms with E-state index in [1.165, 1.54) is 12.8 Å². The number of hydrogen-bond donors (Lipinski definition) is 1. The molecular weight excluding hydrogens is 176 g/mol. The largest absolute Gasteiger partial charge is 0.310 e. The molecule has 0 aromatic heterocycles. The van der Waals surface area contributed by atoms with Crippen LogP contribution in [0.2, 0.25) is 0 Å². The SMILES string of the molecule is CC(=O)CC1CN(C)CC1NC1CC1. The van der Waals surface area contributed by atoms with Gasteiger partial charge in [-0.25, -0.2) is 0 Å². The lowest BCUT2D eigenvalue weighted by molar-refractivity contribution is -0.117. The first-order valence-electron chi connectivity index (χ1n) is 5.59. The molecule has 0 spiro atoms. The van der Waals surface area contributed by atoms with Crippen LogP contribution < -0.4 is 5.32 Å². The van der Waals surface area contributed by atoms with Crippen molar-refractivity contribution in [1.82, 2.24) is 10.2 Å². The number of likely N-dealkylation sites (N-methyl/N-ethyl adjacent to an activating group) is 1. The molecule has 1 saturated carbocycles. The third-order valence-corrected chi connectivity index (χ3v) is 3.20. The van der Waals surface area contributed by atoms with E-state index in [0.717, 1.165) is 25.6 Å². The molecular formula is C11H20N2O. The molecule has 2 atom stereocenters. The zero-order valence-electron chi connectivity index (χ0n) is 9.12. The molecule has 2 rings (SSSR count). The van der Waals surface area contributed by atoms with Crippen LogP contribution in [0.4, 0.5) is 0 Å². The van der Waals surface area contributed by atoms with Crippen LogP contribution in [0, 0.1) is 5.92 Å². The standard InChI is InChI=1S/C11H20N2O/c1-8(14)5-9-6-13(2)7-11(9)12-10-3-4-10/h9-12H,3-7H2,1-2H3. The Morgan fingerprint density at radius 3 is 2.71 bits per heavy atom. The quantitative estimate of drug-likeness (QED) is 0.716. The molecule has 1 heterocycles. The molecule has 2 aliphatic rings. The van der Waals surface area contributed by atoms with Crippen LogP contribution in [0.15, 0.2) is 0 Å². The molecule has 3 heteroatoms. The summed E-state index contributed by atoms with van der Waals surface area (Å²) >= 11 is 0. The van der Waals surface area contributed by atoms with Gasteiger partial charge >= 0.3 is 0 Å². The van der Waals surface area contributed by atoms with Crippen LogP contribution in [0.5, 0.6) is 0 Å². The summed E-state index contributed by atoms with van der Waals surface area (Å²) in [6, 6.07) is 1.30. The number of carbonyl (C=O) groups excluding carboxylic acids is 1. The predicted octanol–water partition coefficient (Wildman–Crippen LogP) is 0.648. The van der Waals surface area contributed by atoms with Gasteiger partial charge in [-0.3, -0.25) is 0 Å². The summed E-state index contributed by atoms with van der Waals surface area (Å²) in [6.45, 7) is 3.88. The van der Waals surface area contributed by atoms with Crippen molar-refractivity contribution in [3.63, 3.8) is 0 Å². The average Bonchev–Trinajstić information content (AvgIpc) is 2.79. The molecule has 0 aromatic carbocycles. The monoisotopic (exact) mass is 196 g/mol. The minimum absolute atomic E-state index is 0.327. The van der Waals surface area contributed by atoms with Crippen molar-refractivity contribution in [1.29, 1.82) is 0 Å². The number of ketones is 1. The highest BCUT2D eigenvalue weighted by molar-refractivity contribution is 5.75. The van der Waals surface area contributed by atoms with E-state index in [9.17, 15) is 4.79 Å². The van der Waals surface area contributed by atoms with Gasteiger partial charge in [0, 0.05) is 31.6 Å². The van der Waals surface area contributed by atoms with Crippen molar-refractivity contribution in [3.05, 3.63) is 0 Å². The summed E-state index contributed by atoms with van der Waals surface area (Å²) in [5, 5.41) is 3.64. The highest BCUT2D eigenvalue weighted by Crippen LogP contribution is 2.25. The number of hydrogen-bond acceptors (Lipinski definition) is 3. The van der Waals surface area contributed by atoms with E-state index in [-0.39, 0.29) is 0 Å². The van der Waals surface area contributed by atoms with E-state index >= 15 is 0 Å². The van der Waals surface area contributed by atoms with Crippen LogP contribution in [0.25, 0.3) is 0 Å². The summed E-state index contributed by atoms with van der Waals surface area (Å²) in [6.07, 6.45) is 3.40. The molecule has 1 aliphatic heterocycles. The van der Waals surface area contributed by atoms with Crippen molar-refractivity contribution in [2.75, 3.05) is 20.1 Å². The highest BCUT2D eigenvalue weighted by Gasteiger charge is 2.35. The Morgan fingerprint density at radius 2 is 2.14 bits per heavy atom. The van der Waals surface area contributed by atoms with Gasteiger partial charge in [-0.05, 0) is 32.7 Å². The van der Waals surface area contributed by atoms with E-state index in [1.54, 1.807) is 6.92 Å². The minimum Gasteiger partial charge on any atom is -0.310 e. The van der Waals surface area contributed by atoms with Crippen molar-refractivity contribution in [2.24, 2.45) is 5.92 Å². The fourth-order valence-electron chi connectivity index (χ4n) is 2.40. The van der Waals surface area contributed by atoms with E-state index in [2.05, 4.69) is 17.3 Å². The molecule has 2 unspecified atom stereocenters.